The van der Waals surface area contributed by atoms with Crippen LogP contribution in [0.2, 0.25) is 0 Å². The van der Waals surface area contributed by atoms with Gasteiger partial charge in [0, 0.05) is 23.4 Å². The molecule has 0 aromatic carbocycles. The predicted molar refractivity (Wildman–Crippen MR) is 78.9 cm³/mol. The van der Waals surface area contributed by atoms with Gasteiger partial charge in [-0.1, -0.05) is 12.8 Å². The molecule has 2 atom stereocenters. The molecule has 0 amide bonds. The van der Waals surface area contributed by atoms with Gasteiger partial charge in [-0.05, 0) is 46.1 Å². The summed E-state index contributed by atoms with van der Waals surface area (Å²) in [4.78, 5) is 15.3. The van der Waals surface area contributed by atoms with Crippen molar-refractivity contribution >= 4 is 5.69 Å². The van der Waals surface area contributed by atoms with E-state index < -0.39 is 0 Å². The van der Waals surface area contributed by atoms with Crippen LogP contribution in [0.5, 0.6) is 0 Å². The number of aryl methyl sites for hydroxylation is 1. The Hall–Kier alpha value is -1.49. The number of aromatic nitrogens is 1. The average molecular weight is 277 g/mol. The first-order valence-electron chi connectivity index (χ1n) is 7.31. The predicted octanol–water partition coefficient (Wildman–Crippen LogP) is 2.93. The Bertz CT molecular complexity index is 502. The van der Waals surface area contributed by atoms with Crippen molar-refractivity contribution < 1.29 is 4.92 Å². The van der Waals surface area contributed by atoms with Crippen LogP contribution in [0.25, 0.3) is 0 Å². The van der Waals surface area contributed by atoms with Gasteiger partial charge in [0.2, 0.25) is 0 Å². The minimum absolute atomic E-state index is 0.229. The maximum atomic E-state index is 11.2. The zero-order valence-electron chi connectivity index (χ0n) is 12.5. The maximum Gasteiger partial charge on any atom is 0.278 e. The van der Waals surface area contributed by atoms with Gasteiger partial charge in [-0.3, -0.25) is 15.1 Å². The van der Waals surface area contributed by atoms with Crippen molar-refractivity contribution in [2.45, 2.75) is 52.0 Å². The summed E-state index contributed by atoms with van der Waals surface area (Å²) in [6.07, 6.45) is 7.34. The number of rotatable bonds is 4. The summed E-state index contributed by atoms with van der Waals surface area (Å²) in [6, 6.07) is 0.505. The molecule has 110 valence electrons. The quantitative estimate of drug-likeness (QED) is 0.678. The molecule has 5 nitrogen and oxygen atoms in total. The van der Waals surface area contributed by atoms with Gasteiger partial charge in [-0.25, -0.2) is 0 Å². The van der Waals surface area contributed by atoms with E-state index in [-0.39, 0.29) is 10.6 Å². The van der Waals surface area contributed by atoms with E-state index in [1.54, 1.807) is 13.1 Å². The molecule has 2 rings (SSSR count). The zero-order chi connectivity index (χ0) is 14.7. The topological polar surface area (TPSA) is 68.1 Å². The van der Waals surface area contributed by atoms with Crippen LogP contribution >= 0.6 is 0 Å². The van der Waals surface area contributed by atoms with Crippen LogP contribution in [-0.4, -0.2) is 23.0 Å². The second kappa shape index (κ2) is 6.31. The van der Waals surface area contributed by atoms with Crippen LogP contribution in [0.15, 0.2) is 6.20 Å². The molecule has 2 unspecified atom stereocenters. The fraction of sp³-hybridized carbons (Fsp3) is 0.667. The molecule has 0 aliphatic heterocycles. The van der Waals surface area contributed by atoms with Gasteiger partial charge in [-0.15, -0.1) is 0 Å². The molecule has 1 aliphatic rings. The molecule has 1 aromatic heterocycles. The standard InChI is InChI=1S/C15H23N3O2/c1-10-9-17-14(11(2)15(10)18(19)20)8-12-6-4-5-7-13(12)16-3/h9,12-13,16H,4-8H2,1-3H3. The van der Waals surface area contributed by atoms with E-state index >= 15 is 0 Å². The molecule has 1 saturated carbocycles. The Morgan fingerprint density at radius 3 is 2.75 bits per heavy atom. The largest absolute Gasteiger partial charge is 0.317 e. The lowest BCUT2D eigenvalue weighted by atomic mass is 9.81. The van der Waals surface area contributed by atoms with Gasteiger partial charge in [0.05, 0.1) is 10.6 Å². The highest BCUT2D eigenvalue weighted by Crippen LogP contribution is 2.30. The minimum Gasteiger partial charge on any atom is -0.317 e. The van der Waals surface area contributed by atoms with Gasteiger partial charge >= 0.3 is 0 Å². The molecule has 1 fully saturated rings. The lowest BCUT2D eigenvalue weighted by Gasteiger charge is -2.31. The van der Waals surface area contributed by atoms with Crippen LogP contribution in [0.3, 0.4) is 0 Å². The van der Waals surface area contributed by atoms with Crippen molar-refractivity contribution in [3.63, 3.8) is 0 Å². The first kappa shape index (κ1) is 14.9. The highest BCUT2D eigenvalue weighted by atomic mass is 16.6. The summed E-state index contributed by atoms with van der Waals surface area (Å²) in [5.41, 5.74) is 2.49. The molecule has 5 heteroatoms. The molecule has 1 aromatic rings. The van der Waals surface area contributed by atoms with Crippen LogP contribution in [0, 0.1) is 29.9 Å². The first-order valence-corrected chi connectivity index (χ1v) is 7.31. The average Bonchev–Trinajstić information content (AvgIpc) is 2.42. The lowest BCUT2D eigenvalue weighted by molar-refractivity contribution is -0.386. The van der Waals surface area contributed by atoms with E-state index in [0.29, 0.717) is 17.5 Å². The number of hydrogen-bond donors (Lipinski definition) is 1. The fourth-order valence-electron chi connectivity index (χ4n) is 3.33. The third-order valence-electron chi connectivity index (χ3n) is 4.49. The van der Waals surface area contributed by atoms with Crippen molar-refractivity contribution in [2.24, 2.45) is 5.92 Å². The monoisotopic (exact) mass is 277 g/mol. The minimum atomic E-state index is -0.285. The number of pyridine rings is 1. The summed E-state index contributed by atoms with van der Waals surface area (Å²) < 4.78 is 0. The van der Waals surface area contributed by atoms with Crippen LogP contribution < -0.4 is 5.32 Å². The van der Waals surface area contributed by atoms with Crippen molar-refractivity contribution in [3.8, 4) is 0 Å². The van der Waals surface area contributed by atoms with Crippen molar-refractivity contribution in [1.82, 2.24) is 10.3 Å². The molecule has 0 bridgehead atoms. The summed E-state index contributed by atoms with van der Waals surface area (Å²) in [7, 11) is 2.00. The molecule has 0 radical (unpaired) electrons. The molecule has 0 saturated heterocycles. The second-order valence-corrected chi connectivity index (χ2v) is 5.76. The fourth-order valence-corrected chi connectivity index (χ4v) is 3.33. The van der Waals surface area contributed by atoms with Crippen molar-refractivity contribution in [1.29, 1.82) is 0 Å². The first-order chi connectivity index (χ1) is 9.54. The molecular formula is C15H23N3O2. The maximum absolute atomic E-state index is 11.2. The number of hydrogen-bond acceptors (Lipinski definition) is 4. The summed E-state index contributed by atoms with van der Waals surface area (Å²) >= 11 is 0. The van der Waals surface area contributed by atoms with Gasteiger partial charge in [0.15, 0.2) is 0 Å². The summed E-state index contributed by atoms with van der Waals surface area (Å²) in [5.74, 6) is 0.530. The normalized spacial score (nSPS) is 22.8. The molecule has 1 N–H and O–H groups in total. The van der Waals surface area contributed by atoms with E-state index in [9.17, 15) is 10.1 Å². The van der Waals surface area contributed by atoms with E-state index in [4.69, 9.17) is 0 Å². The third kappa shape index (κ3) is 2.98. The Morgan fingerprint density at radius 2 is 2.10 bits per heavy atom. The lowest BCUT2D eigenvalue weighted by Crippen LogP contribution is -2.37. The van der Waals surface area contributed by atoms with E-state index in [1.807, 2.05) is 14.0 Å². The number of nitrogens with one attached hydrogen (secondary N) is 1. The molecule has 1 heterocycles. The second-order valence-electron chi connectivity index (χ2n) is 5.76. The Labute approximate surface area is 119 Å². The van der Waals surface area contributed by atoms with Gasteiger partial charge in [0.1, 0.15) is 0 Å². The van der Waals surface area contributed by atoms with Gasteiger partial charge in [0.25, 0.3) is 5.69 Å². The smallest absolute Gasteiger partial charge is 0.278 e. The highest BCUT2D eigenvalue weighted by Gasteiger charge is 2.27. The number of nitrogens with zero attached hydrogens (tertiary/aromatic N) is 2. The summed E-state index contributed by atoms with van der Waals surface area (Å²) in [6.45, 7) is 3.57. The molecule has 0 spiro atoms. The highest BCUT2D eigenvalue weighted by molar-refractivity contribution is 5.47. The van der Waals surface area contributed by atoms with E-state index in [1.165, 1.54) is 25.7 Å². The SMILES string of the molecule is CNC1CCCCC1Cc1ncc(C)c([N+](=O)[O-])c1C. The third-order valence-corrected chi connectivity index (χ3v) is 4.49. The van der Waals surface area contributed by atoms with Crippen LogP contribution in [0.4, 0.5) is 5.69 Å². The van der Waals surface area contributed by atoms with Crippen LogP contribution in [-0.2, 0) is 6.42 Å². The van der Waals surface area contributed by atoms with Crippen molar-refractivity contribution in [2.75, 3.05) is 7.05 Å². The van der Waals surface area contributed by atoms with Gasteiger partial charge in [-0.2, -0.15) is 0 Å². The molecular weight excluding hydrogens is 254 g/mol. The zero-order valence-corrected chi connectivity index (χ0v) is 12.5. The Kier molecular flexibility index (Phi) is 4.70. The van der Waals surface area contributed by atoms with Crippen molar-refractivity contribution in [3.05, 3.63) is 33.1 Å². The molecule has 20 heavy (non-hydrogen) atoms. The van der Waals surface area contributed by atoms with Gasteiger partial charge < -0.3 is 5.32 Å². The summed E-state index contributed by atoms with van der Waals surface area (Å²) in [5, 5.41) is 14.6. The Balaban J connectivity index is 2.25. The van der Waals surface area contributed by atoms with Crippen LogP contribution in [0.1, 0.15) is 42.5 Å². The van der Waals surface area contributed by atoms with E-state index in [2.05, 4.69) is 10.3 Å². The van der Waals surface area contributed by atoms with E-state index in [0.717, 1.165) is 17.7 Å². The Morgan fingerprint density at radius 1 is 1.40 bits per heavy atom. The number of nitro groups is 1. The molecule has 1 aliphatic carbocycles.